The molecule has 0 unspecified atom stereocenters. The summed E-state index contributed by atoms with van der Waals surface area (Å²) in [5.74, 6) is 0. The van der Waals surface area contributed by atoms with Gasteiger partial charge in [0.25, 0.3) is 0 Å². The zero-order valence-electron chi connectivity index (χ0n) is 9.73. The molecule has 1 aromatic rings. The van der Waals surface area contributed by atoms with Gasteiger partial charge in [0.15, 0.2) is 0 Å². The Kier molecular flexibility index (Phi) is 7.28. The molecule has 5 heteroatoms. The fourth-order valence-corrected chi connectivity index (χ4v) is 2.11. The highest BCUT2D eigenvalue weighted by molar-refractivity contribution is 9.10. The van der Waals surface area contributed by atoms with Crippen molar-refractivity contribution in [2.24, 2.45) is 0 Å². The van der Waals surface area contributed by atoms with E-state index in [1.807, 2.05) is 12.1 Å². The molecule has 0 bridgehead atoms. The van der Waals surface area contributed by atoms with Gasteiger partial charge in [0, 0.05) is 17.6 Å². The second kappa shape index (κ2) is 8.20. The van der Waals surface area contributed by atoms with Crippen molar-refractivity contribution in [2.45, 2.75) is 19.8 Å². The number of ether oxygens (including phenoxy) is 1. The number of rotatable bonds is 7. The van der Waals surface area contributed by atoms with E-state index in [9.17, 15) is 0 Å². The molecule has 0 spiro atoms. The molecular weight excluding hydrogens is 325 g/mol. The summed E-state index contributed by atoms with van der Waals surface area (Å²) in [5, 5.41) is 4.26. The molecule has 17 heavy (non-hydrogen) atoms. The lowest BCUT2D eigenvalue weighted by molar-refractivity contribution is 0.141. The van der Waals surface area contributed by atoms with E-state index in [0.29, 0.717) is 16.7 Å². The predicted molar refractivity (Wildman–Crippen MR) is 78.4 cm³/mol. The van der Waals surface area contributed by atoms with Crippen LogP contribution in [0.4, 0.5) is 5.69 Å². The third-order valence-corrected chi connectivity index (χ3v) is 4.01. The molecule has 2 nitrogen and oxygen atoms in total. The lowest BCUT2D eigenvalue weighted by atomic mass is 10.3. The molecule has 0 saturated heterocycles. The average molecular weight is 341 g/mol. The van der Waals surface area contributed by atoms with Gasteiger partial charge in [0.1, 0.15) is 0 Å². The largest absolute Gasteiger partial charge is 0.381 e. The maximum atomic E-state index is 6.10. The van der Waals surface area contributed by atoms with Crippen molar-refractivity contribution in [3.05, 3.63) is 26.7 Å². The van der Waals surface area contributed by atoms with Gasteiger partial charge >= 0.3 is 0 Å². The van der Waals surface area contributed by atoms with E-state index in [4.69, 9.17) is 27.9 Å². The van der Waals surface area contributed by atoms with Crippen LogP contribution in [0.1, 0.15) is 19.8 Å². The summed E-state index contributed by atoms with van der Waals surface area (Å²) in [7, 11) is 0. The van der Waals surface area contributed by atoms with Crippen LogP contribution in [-0.4, -0.2) is 19.8 Å². The second-order valence-corrected chi connectivity index (χ2v) is 5.23. The molecule has 0 aromatic heterocycles. The first-order valence-electron chi connectivity index (χ1n) is 5.62. The molecule has 0 aliphatic rings. The molecule has 0 saturated carbocycles. The van der Waals surface area contributed by atoms with E-state index in [0.717, 1.165) is 36.2 Å². The van der Waals surface area contributed by atoms with Gasteiger partial charge in [0.05, 0.1) is 22.3 Å². The van der Waals surface area contributed by atoms with Crippen LogP contribution < -0.4 is 5.32 Å². The summed E-state index contributed by atoms with van der Waals surface area (Å²) in [6.07, 6.45) is 2.26. The average Bonchev–Trinajstić information content (AvgIpc) is 2.33. The fourth-order valence-electron chi connectivity index (χ4n) is 1.27. The van der Waals surface area contributed by atoms with Gasteiger partial charge in [-0.3, -0.25) is 0 Å². The molecule has 0 amide bonds. The summed E-state index contributed by atoms with van der Waals surface area (Å²) >= 11 is 15.4. The first kappa shape index (κ1) is 15.1. The first-order valence-corrected chi connectivity index (χ1v) is 7.16. The Morgan fingerprint density at radius 2 is 2.00 bits per heavy atom. The van der Waals surface area contributed by atoms with Gasteiger partial charge in [-0.05, 0) is 34.5 Å². The van der Waals surface area contributed by atoms with Crippen molar-refractivity contribution in [1.82, 2.24) is 0 Å². The minimum atomic E-state index is 0.531. The fraction of sp³-hybridized carbons (Fsp3) is 0.500. The van der Waals surface area contributed by atoms with Gasteiger partial charge in [-0.1, -0.05) is 36.5 Å². The quantitative estimate of drug-likeness (QED) is 0.558. The number of benzene rings is 1. The Balaban J connectivity index is 2.35. The van der Waals surface area contributed by atoms with Crippen molar-refractivity contribution < 1.29 is 4.74 Å². The maximum Gasteiger partial charge on any atom is 0.0835 e. The summed E-state index contributed by atoms with van der Waals surface area (Å²) in [6, 6.07) is 3.76. The SMILES string of the molecule is CCCCOCCNc1ccc(Br)c(Cl)c1Cl. The Bertz CT molecular complexity index is 361. The van der Waals surface area contributed by atoms with Crippen molar-refractivity contribution in [1.29, 1.82) is 0 Å². The minimum absolute atomic E-state index is 0.531. The first-order chi connectivity index (χ1) is 8.16. The van der Waals surface area contributed by atoms with Crippen LogP contribution in [0.3, 0.4) is 0 Å². The topological polar surface area (TPSA) is 21.3 Å². The number of unbranched alkanes of at least 4 members (excludes halogenated alkanes) is 1. The number of hydrogen-bond donors (Lipinski definition) is 1. The van der Waals surface area contributed by atoms with Crippen LogP contribution in [0.2, 0.25) is 10.0 Å². The molecule has 0 heterocycles. The van der Waals surface area contributed by atoms with Crippen LogP contribution in [0.15, 0.2) is 16.6 Å². The molecule has 96 valence electrons. The molecule has 0 fully saturated rings. The van der Waals surface area contributed by atoms with Crippen LogP contribution in [0.25, 0.3) is 0 Å². The molecule has 1 aromatic carbocycles. The normalized spacial score (nSPS) is 10.6. The molecule has 1 N–H and O–H groups in total. The number of nitrogens with one attached hydrogen (secondary N) is 1. The lowest BCUT2D eigenvalue weighted by Crippen LogP contribution is -2.10. The Hall–Kier alpha value is 0.0400. The predicted octanol–water partition coefficient (Wildman–Crippen LogP) is 4.98. The molecule has 0 aliphatic heterocycles. The smallest absolute Gasteiger partial charge is 0.0835 e. The summed E-state index contributed by atoms with van der Waals surface area (Å²) in [6.45, 7) is 4.35. The van der Waals surface area contributed by atoms with Crippen molar-refractivity contribution in [3.63, 3.8) is 0 Å². The Labute approximate surface area is 121 Å². The zero-order chi connectivity index (χ0) is 12.7. The highest BCUT2D eigenvalue weighted by atomic mass is 79.9. The third-order valence-electron chi connectivity index (χ3n) is 2.24. The number of halogens is 3. The molecular formula is C12H16BrCl2NO. The standard InChI is InChI=1S/C12H16BrCl2NO/c1-2-3-7-17-8-6-16-10-5-4-9(13)11(14)12(10)15/h4-5,16H,2-3,6-8H2,1H3. The van der Waals surface area contributed by atoms with E-state index < -0.39 is 0 Å². The van der Waals surface area contributed by atoms with Crippen molar-refractivity contribution in [2.75, 3.05) is 25.1 Å². The van der Waals surface area contributed by atoms with Gasteiger partial charge in [-0.2, -0.15) is 0 Å². The van der Waals surface area contributed by atoms with Crippen molar-refractivity contribution >= 4 is 44.8 Å². The van der Waals surface area contributed by atoms with E-state index in [-0.39, 0.29) is 0 Å². The third kappa shape index (κ3) is 5.04. The Morgan fingerprint density at radius 1 is 1.24 bits per heavy atom. The zero-order valence-corrected chi connectivity index (χ0v) is 12.8. The van der Waals surface area contributed by atoms with E-state index in [1.165, 1.54) is 0 Å². The van der Waals surface area contributed by atoms with Crippen LogP contribution in [0, 0.1) is 0 Å². The Morgan fingerprint density at radius 3 is 2.71 bits per heavy atom. The number of hydrogen-bond acceptors (Lipinski definition) is 2. The molecule has 1 rings (SSSR count). The van der Waals surface area contributed by atoms with Crippen LogP contribution in [-0.2, 0) is 4.74 Å². The van der Waals surface area contributed by atoms with Gasteiger partial charge in [-0.15, -0.1) is 0 Å². The van der Waals surface area contributed by atoms with Crippen LogP contribution in [0.5, 0.6) is 0 Å². The van der Waals surface area contributed by atoms with Gasteiger partial charge in [-0.25, -0.2) is 0 Å². The van der Waals surface area contributed by atoms with Crippen LogP contribution >= 0.6 is 39.1 Å². The molecule has 0 radical (unpaired) electrons. The van der Waals surface area contributed by atoms with E-state index in [2.05, 4.69) is 28.2 Å². The summed E-state index contributed by atoms with van der Waals surface area (Å²) < 4.78 is 6.24. The van der Waals surface area contributed by atoms with Gasteiger partial charge < -0.3 is 10.1 Å². The highest BCUT2D eigenvalue weighted by Crippen LogP contribution is 2.35. The highest BCUT2D eigenvalue weighted by Gasteiger charge is 2.07. The van der Waals surface area contributed by atoms with E-state index >= 15 is 0 Å². The summed E-state index contributed by atoms with van der Waals surface area (Å²) in [5.41, 5.74) is 0.832. The molecule has 0 atom stereocenters. The minimum Gasteiger partial charge on any atom is -0.381 e. The second-order valence-electron chi connectivity index (χ2n) is 3.62. The van der Waals surface area contributed by atoms with E-state index in [1.54, 1.807) is 0 Å². The number of anilines is 1. The lowest BCUT2D eigenvalue weighted by Gasteiger charge is -2.10. The van der Waals surface area contributed by atoms with Crippen molar-refractivity contribution in [3.8, 4) is 0 Å². The monoisotopic (exact) mass is 339 g/mol. The van der Waals surface area contributed by atoms with Gasteiger partial charge in [0.2, 0.25) is 0 Å². The summed E-state index contributed by atoms with van der Waals surface area (Å²) in [4.78, 5) is 0. The maximum absolute atomic E-state index is 6.10. The molecule has 0 aliphatic carbocycles.